The molecule has 31 heavy (non-hydrogen) atoms. The molecule has 0 unspecified atom stereocenters. The van der Waals surface area contributed by atoms with Gasteiger partial charge in [-0.2, -0.15) is 4.31 Å². The number of benzene rings is 2. The van der Waals surface area contributed by atoms with E-state index in [1.54, 1.807) is 18.2 Å². The fraction of sp³-hybridized carbons (Fsp3) is 0.333. The second-order valence-electron chi connectivity index (χ2n) is 7.47. The summed E-state index contributed by atoms with van der Waals surface area (Å²) in [6.45, 7) is 3.22. The van der Waals surface area contributed by atoms with Crippen LogP contribution in [0.5, 0.6) is 0 Å². The second kappa shape index (κ2) is 9.11. The van der Waals surface area contributed by atoms with Crippen LogP contribution in [0.1, 0.15) is 25.3 Å². The number of rotatable bonds is 5. The number of anilines is 2. The molecule has 0 aromatic heterocycles. The fourth-order valence-electron chi connectivity index (χ4n) is 3.47. The number of nitrogens with one attached hydrogen (secondary N) is 2. The van der Waals surface area contributed by atoms with Crippen molar-refractivity contribution in [2.75, 3.05) is 23.7 Å². The molecule has 0 atom stereocenters. The zero-order valence-corrected chi connectivity index (χ0v) is 17.9. The van der Waals surface area contributed by atoms with Crippen LogP contribution in [0.4, 0.5) is 20.2 Å². The van der Waals surface area contributed by atoms with Crippen molar-refractivity contribution in [1.29, 1.82) is 0 Å². The minimum Gasteiger partial charge on any atom is -0.325 e. The maximum atomic E-state index is 14.0. The van der Waals surface area contributed by atoms with Gasteiger partial charge in [0.2, 0.25) is 21.8 Å². The third-order valence-corrected chi connectivity index (χ3v) is 6.99. The van der Waals surface area contributed by atoms with E-state index in [1.165, 1.54) is 6.92 Å². The van der Waals surface area contributed by atoms with E-state index in [9.17, 15) is 26.8 Å². The third kappa shape index (κ3) is 5.26. The lowest BCUT2D eigenvalue weighted by Crippen LogP contribution is -2.41. The highest BCUT2D eigenvalue weighted by atomic mass is 32.2. The number of hydrogen-bond donors (Lipinski definition) is 2. The number of amides is 2. The fourth-order valence-corrected chi connectivity index (χ4v) is 5.01. The van der Waals surface area contributed by atoms with Crippen molar-refractivity contribution >= 4 is 33.2 Å². The van der Waals surface area contributed by atoms with Crippen molar-refractivity contribution < 1.29 is 26.8 Å². The monoisotopic (exact) mass is 451 g/mol. The topological polar surface area (TPSA) is 95.6 Å². The summed E-state index contributed by atoms with van der Waals surface area (Å²) in [6, 6.07) is 7.51. The summed E-state index contributed by atoms with van der Waals surface area (Å²) in [5, 5.41) is 5.45. The van der Waals surface area contributed by atoms with Crippen LogP contribution in [0.3, 0.4) is 0 Å². The van der Waals surface area contributed by atoms with Crippen LogP contribution in [0, 0.1) is 24.5 Å². The molecule has 0 saturated carbocycles. The van der Waals surface area contributed by atoms with Gasteiger partial charge in [-0.05, 0) is 55.7 Å². The Balaban J connectivity index is 1.69. The minimum atomic E-state index is -4.21. The highest BCUT2D eigenvalue weighted by molar-refractivity contribution is 7.89. The predicted molar refractivity (Wildman–Crippen MR) is 112 cm³/mol. The molecule has 0 bridgehead atoms. The van der Waals surface area contributed by atoms with Gasteiger partial charge in [0.1, 0.15) is 16.5 Å². The highest BCUT2D eigenvalue weighted by Gasteiger charge is 2.34. The summed E-state index contributed by atoms with van der Waals surface area (Å²) in [6.07, 6.45) is 0.451. The van der Waals surface area contributed by atoms with E-state index in [-0.39, 0.29) is 37.7 Å². The first-order valence-corrected chi connectivity index (χ1v) is 11.2. The number of hydrogen-bond acceptors (Lipinski definition) is 4. The van der Waals surface area contributed by atoms with Gasteiger partial charge in [0, 0.05) is 25.9 Å². The lowest BCUT2D eigenvalue weighted by atomic mass is 9.97. The van der Waals surface area contributed by atoms with Gasteiger partial charge in [-0.1, -0.05) is 6.07 Å². The lowest BCUT2D eigenvalue weighted by Gasteiger charge is -2.30. The quantitative estimate of drug-likeness (QED) is 0.729. The number of aryl methyl sites for hydroxylation is 1. The van der Waals surface area contributed by atoms with Crippen LogP contribution in [-0.2, 0) is 19.6 Å². The number of sulfonamides is 1. The zero-order chi connectivity index (χ0) is 22.8. The highest BCUT2D eigenvalue weighted by Crippen LogP contribution is 2.28. The average Bonchev–Trinajstić information content (AvgIpc) is 2.71. The molecule has 166 valence electrons. The van der Waals surface area contributed by atoms with E-state index in [0.717, 1.165) is 22.0 Å². The SMILES string of the molecule is CC(=O)Nc1ccc(C)cc1NC(=O)C1CCN(S(=O)(=O)c2cc(F)ccc2F)CC1. The second-order valence-corrected chi connectivity index (χ2v) is 9.38. The maximum absolute atomic E-state index is 14.0. The number of halogens is 2. The van der Waals surface area contributed by atoms with Crippen molar-refractivity contribution in [2.24, 2.45) is 5.92 Å². The molecule has 2 N–H and O–H groups in total. The average molecular weight is 451 g/mol. The Morgan fingerprint density at radius 2 is 1.68 bits per heavy atom. The molecular formula is C21H23F2N3O4S. The number of nitrogens with zero attached hydrogens (tertiary/aromatic N) is 1. The Morgan fingerprint density at radius 1 is 1.00 bits per heavy atom. The van der Waals surface area contributed by atoms with E-state index < -0.39 is 32.5 Å². The van der Waals surface area contributed by atoms with Gasteiger partial charge in [0.05, 0.1) is 11.4 Å². The predicted octanol–water partition coefficient (Wildman–Crippen LogP) is 3.27. The van der Waals surface area contributed by atoms with E-state index in [2.05, 4.69) is 10.6 Å². The maximum Gasteiger partial charge on any atom is 0.246 e. The number of piperidine rings is 1. The Hall–Kier alpha value is -2.85. The molecule has 0 radical (unpaired) electrons. The molecule has 1 heterocycles. The molecule has 1 saturated heterocycles. The van der Waals surface area contributed by atoms with Crippen molar-refractivity contribution in [3.05, 3.63) is 53.6 Å². The van der Waals surface area contributed by atoms with Gasteiger partial charge in [-0.3, -0.25) is 9.59 Å². The van der Waals surface area contributed by atoms with Crippen molar-refractivity contribution in [1.82, 2.24) is 4.31 Å². The van der Waals surface area contributed by atoms with Crippen LogP contribution in [-0.4, -0.2) is 37.6 Å². The summed E-state index contributed by atoms with van der Waals surface area (Å²) < 4.78 is 53.8. The van der Waals surface area contributed by atoms with E-state index in [1.807, 2.05) is 6.92 Å². The summed E-state index contributed by atoms with van der Waals surface area (Å²) in [4.78, 5) is 23.4. The normalized spacial score (nSPS) is 15.5. The zero-order valence-electron chi connectivity index (χ0n) is 17.1. The number of carbonyl (C=O) groups excluding carboxylic acids is 2. The Bertz CT molecular complexity index is 1110. The number of carbonyl (C=O) groups is 2. The summed E-state index contributed by atoms with van der Waals surface area (Å²) >= 11 is 0. The van der Waals surface area contributed by atoms with E-state index >= 15 is 0 Å². The molecule has 0 aliphatic carbocycles. The van der Waals surface area contributed by atoms with Gasteiger partial charge in [0.25, 0.3) is 0 Å². The Kier molecular flexibility index (Phi) is 6.71. The molecule has 1 fully saturated rings. The standard InChI is InChI=1S/C21H23F2N3O4S/c1-13-3-6-18(24-14(2)27)19(11-13)25-21(28)15-7-9-26(10-8-15)31(29,30)20-12-16(22)4-5-17(20)23/h3-6,11-12,15H,7-10H2,1-2H3,(H,24,27)(H,25,28). The molecular weight excluding hydrogens is 428 g/mol. The van der Waals surface area contributed by atoms with Crippen molar-refractivity contribution in [3.63, 3.8) is 0 Å². The molecule has 10 heteroatoms. The smallest absolute Gasteiger partial charge is 0.246 e. The third-order valence-electron chi connectivity index (χ3n) is 5.08. The van der Waals surface area contributed by atoms with Gasteiger partial charge in [-0.15, -0.1) is 0 Å². The van der Waals surface area contributed by atoms with Crippen LogP contribution >= 0.6 is 0 Å². The molecule has 2 amide bonds. The van der Waals surface area contributed by atoms with Crippen molar-refractivity contribution in [2.45, 2.75) is 31.6 Å². The first-order chi connectivity index (χ1) is 14.6. The summed E-state index contributed by atoms with van der Waals surface area (Å²) in [5.74, 6) is -2.91. The summed E-state index contributed by atoms with van der Waals surface area (Å²) in [5.41, 5.74) is 1.81. The molecule has 1 aliphatic heterocycles. The van der Waals surface area contributed by atoms with Gasteiger partial charge < -0.3 is 10.6 Å². The first kappa shape index (κ1) is 22.8. The Labute approximate surface area is 179 Å². The van der Waals surface area contributed by atoms with Gasteiger partial charge in [0.15, 0.2) is 0 Å². The lowest BCUT2D eigenvalue weighted by molar-refractivity contribution is -0.121. The van der Waals surface area contributed by atoms with Crippen molar-refractivity contribution in [3.8, 4) is 0 Å². The Morgan fingerprint density at radius 3 is 2.32 bits per heavy atom. The molecule has 1 aliphatic rings. The first-order valence-electron chi connectivity index (χ1n) is 9.72. The molecule has 0 spiro atoms. The van der Waals surface area contributed by atoms with Crippen LogP contribution in [0.25, 0.3) is 0 Å². The van der Waals surface area contributed by atoms with Gasteiger partial charge >= 0.3 is 0 Å². The largest absolute Gasteiger partial charge is 0.325 e. The van der Waals surface area contributed by atoms with Crippen LogP contribution in [0.2, 0.25) is 0 Å². The van der Waals surface area contributed by atoms with Crippen LogP contribution < -0.4 is 10.6 Å². The molecule has 7 nitrogen and oxygen atoms in total. The molecule has 2 aromatic carbocycles. The van der Waals surface area contributed by atoms with Crippen LogP contribution in [0.15, 0.2) is 41.3 Å². The van der Waals surface area contributed by atoms with E-state index in [4.69, 9.17) is 0 Å². The van der Waals surface area contributed by atoms with E-state index in [0.29, 0.717) is 17.4 Å². The minimum absolute atomic E-state index is 0.00272. The molecule has 3 rings (SSSR count). The summed E-state index contributed by atoms with van der Waals surface area (Å²) in [7, 11) is -4.21. The molecule has 2 aromatic rings. The van der Waals surface area contributed by atoms with Gasteiger partial charge in [-0.25, -0.2) is 17.2 Å².